The summed E-state index contributed by atoms with van der Waals surface area (Å²) in [5.41, 5.74) is -2.61. The fraction of sp³-hybridized carbons (Fsp3) is 0.333. The normalized spacial score (nSPS) is 23.4. The summed E-state index contributed by atoms with van der Waals surface area (Å²) in [6.07, 6.45) is -4.22. The van der Waals surface area contributed by atoms with Crippen LogP contribution in [-0.4, -0.2) is 12.0 Å². The molecular formula is C24H21F4N2O2-. The summed E-state index contributed by atoms with van der Waals surface area (Å²) in [5.74, 6) is -4.17. The molecular weight excluding hydrogens is 424 g/mol. The molecule has 4 nitrogen and oxygen atoms in total. The first kappa shape index (κ1) is 23.3. The molecule has 0 amide bonds. The van der Waals surface area contributed by atoms with Gasteiger partial charge in [-0.2, -0.15) is 18.4 Å². The molecule has 0 fully saturated rings. The Morgan fingerprint density at radius 1 is 1.22 bits per heavy atom. The molecule has 2 aromatic carbocycles. The highest BCUT2D eigenvalue weighted by atomic mass is 19.4. The Balaban J connectivity index is 2.17. The number of carbonyl (C=O) groups is 1. The molecule has 0 bridgehead atoms. The van der Waals surface area contributed by atoms with Crippen LogP contribution in [0.3, 0.4) is 0 Å². The summed E-state index contributed by atoms with van der Waals surface area (Å²) in [6, 6.07) is 12.3. The van der Waals surface area contributed by atoms with Crippen molar-refractivity contribution in [2.45, 2.75) is 44.8 Å². The van der Waals surface area contributed by atoms with Gasteiger partial charge < -0.3 is 15.2 Å². The highest BCUT2D eigenvalue weighted by molar-refractivity contribution is 5.77. The number of hydrogen-bond acceptors (Lipinski definition) is 4. The Bertz CT molecular complexity index is 1090. The fourth-order valence-electron chi connectivity index (χ4n) is 4.45. The second-order valence-corrected chi connectivity index (χ2v) is 8.10. The van der Waals surface area contributed by atoms with Crippen molar-refractivity contribution in [1.82, 2.24) is 5.32 Å². The van der Waals surface area contributed by atoms with Crippen LogP contribution < -0.4 is 10.4 Å². The molecule has 1 aliphatic rings. The molecule has 3 unspecified atom stereocenters. The number of hydrogen-bond donors (Lipinski definition) is 1. The van der Waals surface area contributed by atoms with E-state index in [4.69, 9.17) is 0 Å². The number of benzene rings is 2. The number of nitrogens with zero attached hydrogens (tertiary/aromatic N) is 1. The molecule has 1 aliphatic heterocycles. The van der Waals surface area contributed by atoms with Gasteiger partial charge in [-0.15, -0.1) is 0 Å². The highest BCUT2D eigenvalue weighted by Crippen LogP contribution is 2.51. The molecule has 0 spiro atoms. The Morgan fingerprint density at radius 3 is 2.44 bits per heavy atom. The minimum absolute atomic E-state index is 0.148. The number of aliphatic carboxylic acids is 1. The summed E-state index contributed by atoms with van der Waals surface area (Å²) in [5, 5.41) is 25.2. The van der Waals surface area contributed by atoms with Gasteiger partial charge in [-0.1, -0.05) is 43.3 Å². The molecule has 32 heavy (non-hydrogen) atoms. The number of carboxylic acids is 1. The lowest BCUT2D eigenvalue weighted by Gasteiger charge is -2.49. The van der Waals surface area contributed by atoms with Gasteiger partial charge in [0.05, 0.1) is 23.2 Å². The first-order valence-corrected chi connectivity index (χ1v) is 9.99. The first-order valence-electron chi connectivity index (χ1n) is 9.99. The molecule has 8 heteroatoms. The summed E-state index contributed by atoms with van der Waals surface area (Å²) in [6.45, 7) is 2.80. The van der Waals surface area contributed by atoms with Crippen molar-refractivity contribution in [2.75, 3.05) is 0 Å². The van der Waals surface area contributed by atoms with Crippen LogP contribution in [0.5, 0.6) is 0 Å². The Kier molecular flexibility index (Phi) is 6.31. The highest BCUT2D eigenvalue weighted by Gasteiger charge is 2.51. The van der Waals surface area contributed by atoms with Gasteiger partial charge in [0.15, 0.2) is 0 Å². The molecule has 0 saturated carbocycles. The van der Waals surface area contributed by atoms with E-state index < -0.39 is 46.5 Å². The molecule has 0 aliphatic carbocycles. The smallest absolute Gasteiger partial charge is 0.416 e. The molecule has 1 heterocycles. The minimum atomic E-state index is -4.94. The van der Waals surface area contributed by atoms with E-state index in [0.29, 0.717) is 12.5 Å². The monoisotopic (exact) mass is 445 g/mol. The number of carbonyl (C=O) groups excluding carboxylic acids is 1. The molecule has 1 N–H and O–H groups in total. The zero-order valence-electron chi connectivity index (χ0n) is 17.5. The van der Waals surface area contributed by atoms with Crippen LogP contribution in [0, 0.1) is 22.6 Å². The van der Waals surface area contributed by atoms with E-state index in [-0.39, 0.29) is 17.7 Å². The van der Waals surface area contributed by atoms with Crippen molar-refractivity contribution in [3.8, 4) is 6.07 Å². The standard InChI is InChI=1S/C24H22F4N2O2/c1-14-18(13-29)21(17-10-9-16(25)12-19(17)24(26,27)28)23(2,22(31)32)20(30-14)11-8-15-6-4-3-5-7-15/h3-7,9-10,12,20-21,30H,8,11H2,1-2H3,(H,31,32)/p-1. The molecule has 3 atom stereocenters. The van der Waals surface area contributed by atoms with Crippen LogP contribution in [0.25, 0.3) is 0 Å². The molecule has 0 saturated heterocycles. The van der Waals surface area contributed by atoms with Crippen molar-refractivity contribution in [2.24, 2.45) is 5.41 Å². The van der Waals surface area contributed by atoms with E-state index in [1.165, 1.54) is 13.8 Å². The number of halogens is 4. The Labute approximate surface area is 183 Å². The largest absolute Gasteiger partial charge is 0.549 e. The number of alkyl halides is 3. The van der Waals surface area contributed by atoms with E-state index in [1.54, 1.807) is 0 Å². The van der Waals surface area contributed by atoms with Gasteiger partial charge in [-0.25, -0.2) is 4.39 Å². The SMILES string of the molecule is CC1=C(C#N)C(c2ccc(F)cc2C(F)(F)F)C(C)(C(=O)[O-])C(CCc2ccccc2)N1. The lowest BCUT2D eigenvalue weighted by atomic mass is 9.61. The van der Waals surface area contributed by atoms with Gasteiger partial charge in [-0.3, -0.25) is 0 Å². The van der Waals surface area contributed by atoms with Crippen molar-refractivity contribution >= 4 is 5.97 Å². The van der Waals surface area contributed by atoms with Crippen LogP contribution in [0.2, 0.25) is 0 Å². The van der Waals surface area contributed by atoms with E-state index >= 15 is 0 Å². The van der Waals surface area contributed by atoms with Crippen LogP contribution in [0.15, 0.2) is 59.8 Å². The van der Waals surface area contributed by atoms with Crippen LogP contribution in [0.4, 0.5) is 17.6 Å². The lowest BCUT2D eigenvalue weighted by molar-refractivity contribution is -0.321. The van der Waals surface area contributed by atoms with E-state index in [2.05, 4.69) is 5.32 Å². The van der Waals surface area contributed by atoms with Crippen molar-refractivity contribution in [1.29, 1.82) is 5.26 Å². The second-order valence-electron chi connectivity index (χ2n) is 8.10. The number of nitrogens with one attached hydrogen (secondary N) is 1. The lowest BCUT2D eigenvalue weighted by Crippen LogP contribution is -2.59. The molecule has 168 valence electrons. The topological polar surface area (TPSA) is 76.0 Å². The summed E-state index contributed by atoms with van der Waals surface area (Å²) >= 11 is 0. The third-order valence-electron chi connectivity index (χ3n) is 6.16. The molecule has 0 aromatic heterocycles. The number of allylic oxidation sites excluding steroid dienone is 2. The van der Waals surface area contributed by atoms with Crippen molar-refractivity contribution in [3.63, 3.8) is 0 Å². The maximum atomic E-state index is 13.8. The fourth-order valence-corrected chi connectivity index (χ4v) is 4.45. The average molecular weight is 445 g/mol. The predicted molar refractivity (Wildman–Crippen MR) is 107 cm³/mol. The Hall–Kier alpha value is -3.34. The van der Waals surface area contributed by atoms with Gasteiger partial charge in [-0.05, 0) is 43.0 Å². The number of rotatable bonds is 5. The van der Waals surface area contributed by atoms with Gasteiger partial charge in [0.25, 0.3) is 0 Å². The molecule has 3 rings (SSSR count). The minimum Gasteiger partial charge on any atom is -0.549 e. The summed E-state index contributed by atoms with van der Waals surface area (Å²) < 4.78 is 55.1. The van der Waals surface area contributed by atoms with Crippen molar-refractivity contribution in [3.05, 3.63) is 82.3 Å². The first-order chi connectivity index (χ1) is 15.0. The van der Waals surface area contributed by atoms with E-state index in [1.807, 2.05) is 36.4 Å². The van der Waals surface area contributed by atoms with E-state index in [0.717, 1.165) is 17.7 Å². The summed E-state index contributed by atoms with van der Waals surface area (Å²) in [7, 11) is 0. The zero-order chi connectivity index (χ0) is 23.7. The van der Waals surface area contributed by atoms with Crippen LogP contribution in [-0.2, 0) is 17.4 Å². The Morgan fingerprint density at radius 2 is 1.88 bits per heavy atom. The molecule has 2 aromatic rings. The van der Waals surface area contributed by atoms with Crippen LogP contribution >= 0.6 is 0 Å². The van der Waals surface area contributed by atoms with Gasteiger partial charge in [0.2, 0.25) is 0 Å². The number of aryl methyl sites for hydroxylation is 1. The second kappa shape index (κ2) is 8.65. The quantitative estimate of drug-likeness (QED) is 0.704. The third-order valence-corrected chi connectivity index (χ3v) is 6.16. The van der Waals surface area contributed by atoms with Crippen LogP contribution in [0.1, 0.15) is 42.9 Å². The van der Waals surface area contributed by atoms with Gasteiger partial charge >= 0.3 is 6.18 Å². The summed E-state index contributed by atoms with van der Waals surface area (Å²) in [4.78, 5) is 12.4. The number of nitriles is 1. The third kappa shape index (κ3) is 4.20. The average Bonchev–Trinajstić information content (AvgIpc) is 2.74. The zero-order valence-corrected chi connectivity index (χ0v) is 17.5. The van der Waals surface area contributed by atoms with E-state index in [9.17, 15) is 32.7 Å². The maximum absolute atomic E-state index is 13.8. The van der Waals surface area contributed by atoms with Gasteiger partial charge in [0, 0.05) is 23.1 Å². The predicted octanol–water partition coefficient (Wildman–Crippen LogP) is 4.09. The maximum Gasteiger partial charge on any atom is 0.416 e. The number of carboxylic acid groups (broad SMARTS) is 1. The van der Waals surface area contributed by atoms with Gasteiger partial charge in [0.1, 0.15) is 5.82 Å². The molecule has 0 radical (unpaired) electrons. The van der Waals surface area contributed by atoms with Crippen molar-refractivity contribution < 1.29 is 27.5 Å².